The summed E-state index contributed by atoms with van der Waals surface area (Å²) in [5, 5.41) is 0. The Balaban J connectivity index is 2.67. The van der Waals surface area contributed by atoms with Crippen LogP contribution in [0.1, 0.15) is 19.3 Å². The molecule has 0 aromatic heterocycles. The second-order valence-electron chi connectivity index (χ2n) is 3.25. The molecule has 0 unspecified atom stereocenters. The molecule has 0 saturated carbocycles. The largest absolute Gasteiger partial charge is 0.281 e. The number of hydrogen-bond donors (Lipinski definition) is 0. The maximum absolute atomic E-state index is 11.5. The zero-order chi connectivity index (χ0) is 9.19. The summed E-state index contributed by atoms with van der Waals surface area (Å²) in [6, 6.07) is 0. The van der Waals surface area contributed by atoms with Crippen LogP contribution >= 0.6 is 0 Å². The van der Waals surface area contributed by atoms with Crippen LogP contribution in [0.3, 0.4) is 0 Å². The van der Waals surface area contributed by atoms with Crippen LogP contribution in [0.25, 0.3) is 0 Å². The Kier molecular flexibility index (Phi) is 3.09. The highest BCUT2D eigenvalue weighted by Gasteiger charge is 2.25. The molecule has 0 aromatic rings. The molecular formula is C7H16N2O2S. The average molecular weight is 192 g/mol. The first kappa shape index (κ1) is 9.95. The van der Waals surface area contributed by atoms with Crippen LogP contribution in [0, 0.1) is 0 Å². The summed E-state index contributed by atoms with van der Waals surface area (Å²) in [6.07, 6.45) is 3.14. The van der Waals surface area contributed by atoms with Gasteiger partial charge in [-0.3, -0.25) is 0 Å². The summed E-state index contributed by atoms with van der Waals surface area (Å²) in [6.45, 7) is 1.36. The third kappa shape index (κ3) is 1.97. The highest BCUT2D eigenvalue weighted by molar-refractivity contribution is 7.86. The normalized spacial score (nSPS) is 21.6. The lowest BCUT2D eigenvalue weighted by molar-refractivity contribution is 0.324. The quantitative estimate of drug-likeness (QED) is 0.630. The third-order valence-corrected chi connectivity index (χ3v) is 4.04. The van der Waals surface area contributed by atoms with Gasteiger partial charge >= 0.3 is 0 Å². The van der Waals surface area contributed by atoms with E-state index in [0.29, 0.717) is 13.1 Å². The van der Waals surface area contributed by atoms with Gasteiger partial charge in [-0.05, 0) is 12.8 Å². The fourth-order valence-corrected chi connectivity index (χ4v) is 2.51. The summed E-state index contributed by atoms with van der Waals surface area (Å²) in [5.74, 6) is 0. The molecule has 0 radical (unpaired) electrons. The molecule has 0 bridgehead atoms. The van der Waals surface area contributed by atoms with E-state index in [0.717, 1.165) is 19.3 Å². The molecule has 1 saturated heterocycles. The predicted molar refractivity (Wildman–Crippen MR) is 48.0 cm³/mol. The average Bonchev–Trinajstić information content (AvgIpc) is 2.06. The van der Waals surface area contributed by atoms with Crippen LogP contribution in [-0.2, 0) is 10.2 Å². The minimum Gasteiger partial charge on any atom is -0.195 e. The molecule has 0 aromatic carbocycles. The van der Waals surface area contributed by atoms with Crippen LogP contribution < -0.4 is 0 Å². The first-order valence-electron chi connectivity index (χ1n) is 4.23. The maximum Gasteiger partial charge on any atom is 0.281 e. The highest BCUT2D eigenvalue weighted by Crippen LogP contribution is 2.13. The lowest BCUT2D eigenvalue weighted by atomic mass is 10.2. The van der Waals surface area contributed by atoms with Crippen LogP contribution in [0.2, 0.25) is 0 Å². The van der Waals surface area contributed by atoms with Gasteiger partial charge < -0.3 is 0 Å². The van der Waals surface area contributed by atoms with Gasteiger partial charge in [0.2, 0.25) is 0 Å². The van der Waals surface area contributed by atoms with Gasteiger partial charge in [-0.25, -0.2) is 0 Å². The number of piperidine rings is 1. The number of nitrogens with zero attached hydrogens (tertiary/aromatic N) is 2. The van der Waals surface area contributed by atoms with Crippen LogP contribution in [0.5, 0.6) is 0 Å². The van der Waals surface area contributed by atoms with Crippen molar-refractivity contribution in [1.82, 2.24) is 8.61 Å². The van der Waals surface area contributed by atoms with Gasteiger partial charge in [-0.1, -0.05) is 6.42 Å². The Morgan fingerprint density at radius 3 is 2.00 bits per heavy atom. The van der Waals surface area contributed by atoms with Crippen molar-refractivity contribution in [2.45, 2.75) is 19.3 Å². The Morgan fingerprint density at radius 2 is 1.58 bits per heavy atom. The standard InChI is InChI=1S/C7H16N2O2S/c1-8(2)12(10,11)9-6-4-3-5-7-9/h3-7H2,1-2H3. The highest BCUT2D eigenvalue weighted by atomic mass is 32.2. The molecule has 1 rings (SSSR count). The third-order valence-electron chi connectivity index (χ3n) is 2.10. The smallest absolute Gasteiger partial charge is 0.195 e. The molecule has 0 amide bonds. The molecule has 0 aliphatic carbocycles. The van der Waals surface area contributed by atoms with E-state index in [1.165, 1.54) is 4.31 Å². The fourth-order valence-electron chi connectivity index (χ4n) is 1.33. The van der Waals surface area contributed by atoms with E-state index in [9.17, 15) is 8.42 Å². The van der Waals surface area contributed by atoms with E-state index in [-0.39, 0.29) is 0 Å². The maximum atomic E-state index is 11.5. The van der Waals surface area contributed by atoms with E-state index in [2.05, 4.69) is 0 Å². The molecule has 0 spiro atoms. The zero-order valence-corrected chi connectivity index (χ0v) is 8.47. The lowest BCUT2D eigenvalue weighted by Crippen LogP contribution is -2.42. The van der Waals surface area contributed by atoms with E-state index in [1.54, 1.807) is 18.4 Å². The topological polar surface area (TPSA) is 40.6 Å². The van der Waals surface area contributed by atoms with Gasteiger partial charge in [0.05, 0.1) is 0 Å². The molecule has 1 aliphatic heterocycles. The van der Waals surface area contributed by atoms with E-state index in [4.69, 9.17) is 0 Å². The van der Waals surface area contributed by atoms with Crippen molar-refractivity contribution in [2.75, 3.05) is 27.2 Å². The Hall–Kier alpha value is -0.130. The van der Waals surface area contributed by atoms with Gasteiger partial charge in [-0.15, -0.1) is 0 Å². The van der Waals surface area contributed by atoms with Crippen molar-refractivity contribution < 1.29 is 8.42 Å². The lowest BCUT2D eigenvalue weighted by Gasteiger charge is -2.28. The fraction of sp³-hybridized carbons (Fsp3) is 1.00. The van der Waals surface area contributed by atoms with Crippen LogP contribution in [0.4, 0.5) is 0 Å². The minimum absolute atomic E-state index is 0.681. The molecule has 5 heteroatoms. The number of rotatable bonds is 2. The monoisotopic (exact) mass is 192 g/mol. The van der Waals surface area contributed by atoms with Crippen LogP contribution in [0.15, 0.2) is 0 Å². The summed E-state index contributed by atoms with van der Waals surface area (Å²) >= 11 is 0. The second-order valence-corrected chi connectivity index (χ2v) is 5.39. The van der Waals surface area contributed by atoms with Gasteiger partial charge in [0, 0.05) is 27.2 Å². The van der Waals surface area contributed by atoms with Gasteiger partial charge in [0.1, 0.15) is 0 Å². The number of hydrogen-bond acceptors (Lipinski definition) is 2. The van der Waals surface area contributed by atoms with E-state index < -0.39 is 10.2 Å². The molecule has 4 nitrogen and oxygen atoms in total. The zero-order valence-electron chi connectivity index (χ0n) is 7.65. The first-order valence-corrected chi connectivity index (χ1v) is 5.62. The Morgan fingerprint density at radius 1 is 1.08 bits per heavy atom. The molecule has 12 heavy (non-hydrogen) atoms. The molecule has 0 N–H and O–H groups in total. The van der Waals surface area contributed by atoms with Crippen molar-refractivity contribution in [3.63, 3.8) is 0 Å². The van der Waals surface area contributed by atoms with Crippen molar-refractivity contribution in [2.24, 2.45) is 0 Å². The first-order chi connectivity index (χ1) is 5.55. The van der Waals surface area contributed by atoms with Crippen molar-refractivity contribution >= 4 is 10.2 Å². The van der Waals surface area contributed by atoms with Gasteiger partial charge in [0.25, 0.3) is 10.2 Å². The van der Waals surface area contributed by atoms with Gasteiger partial charge in [-0.2, -0.15) is 17.0 Å². The second kappa shape index (κ2) is 3.72. The van der Waals surface area contributed by atoms with Crippen LogP contribution in [-0.4, -0.2) is 44.2 Å². The molecular weight excluding hydrogens is 176 g/mol. The Labute approximate surface area is 74.3 Å². The van der Waals surface area contributed by atoms with Gasteiger partial charge in [0.15, 0.2) is 0 Å². The summed E-state index contributed by atoms with van der Waals surface area (Å²) in [4.78, 5) is 0. The summed E-state index contributed by atoms with van der Waals surface area (Å²) in [5.41, 5.74) is 0. The van der Waals surface area contributed by atoms with E-state index in [1.807, 2.05) is 0 Å². The van der Waals surface area contributed by atoms with Crippen molar-refractivity contribution in [1.29, 1.82) is 0 Å². The Bertz CT molecular complexity index is 230. The summed E-state index contributed by atoms with van der Waals surface area (Å²) in [7, 11) is 0.0134. The molecule has 1 aliphatic rings. The predicted octanol–water partition coefficient (Wildman–Crippen LogP) is 0.279. The van der Waals surface area contributed by atoms with Crippen molar-refractivity contribution in [3.8, 4) is 0 Å². The molecule has 0 atom stereocenters. The van der Waals surface area contributed by atoms with Crippen molar-refractivity contribution in [3.05, 3.63) is 0 Å². The molecule has 1 heterocycles. The van der Waals surface area contributed by atoms with E-state index >= 15 is 0 Å². The molecule has 72 valence electrons. The SMILES string of the molecule is CN(C)S(=O)(=O)N1CCCCC1. The minimum atomic E-state index is -3.13. The summed E-state index contributed by atoms with van der Waals surface area (Å²) < 4.78 is 25.9. The molecule has 1 fully saturated rings.